The molecule has 0 radical (unpaired) electrons. The molecule has 2 N–H and O–H groups in total. The Balaban J connectivity index is 0.00000200. The van der Waals surface area contributed by atoms with Gasteiger partial charge in [-0.05, 0) is 45.7 Å². The van der Waals surface area contributed by atoms with Crippen LogP contribution in [-0.2, 0) is 4.74 Å². The van der Waals surface area contributed by atoms with Crippen molar-refractivity contribution in [3.63, 3.8) is 0 Å². The van der Waals surface area contributed by atoms with Crippen molar-refractivity contribution in [2.75, 3.05) is 46.9 Å². The standard InChI is InChI=1S/C14H28N4O.HI/c1-14(6-4-8-19-14)11-17-13(15-2)16-9-12-5-7-18(3)10-12;/h12H,4-11H2,1-3H3,(H2,15,16,17);1H. The smallest absolute Gasteiger partial charge is 0.191 e. The van der Waals surface area contributed by atoms with Crippen LogP contribution in [0.1, 0.15) is 26.2 Å². The summed E-state index contributed by atoms with van der Waals surface area (Å²) in [7, 11) is 4.01. The van der Waals surface area contributed by atoms with Gasteiger partial charge >= 0.3 is 0 Å². The SMILES string of the molecule is CN=C(NCC1CCN(C)C1)NCC1(C)CCCO1.I. The van der Waals surface area contributed by atoms with Gasteiger partial charge in [-0.2, -0.15) is 0 Å². The number of hydrogen-bond donors (Lipinski definition) is 2. The Kier molecular flexibility index (Phi) is 7.53. The van der Waals surface area contributed by atoms with Gasteiger partial charge < -0.3 is 20.3 Å². The predicted octanol–water partition coefficient (Wildman–Crippen LogP) is 1.29. The molecule has 2 atom stereocenters. The molecule has 0 amide bonds. The molecule has 5 nitrogen and oxygen atoms in total. The van der Waals surface area contributed by atoms with Crippen molar-refractivity contribution in [2.45, 2.75) is 31.8 Å². The molecule has 6 heteroatoms. The van der Waals surface area contributed by atoms with Gasteiger partial charge in [-0.25, -0.2) is 0 Å². The van der Waals surface area contributed by atoms with E-state index in [2.05, 4.69) is 34.5 Å². The number of hydrogen-bond acceptors (Lipinski definition) is 3. The van der Waals surface area contributed by atoms with E-state index in [-0.39, 0.29) is 29.6 Å². The van der Waals surface area contributed by atoms with Crippen LogP contribution in [0.25, 0.3) is 0 Å². The molecule has 20 heavy (non-hydrogen) atoms. The molecule has 2 unspecified atom stereocenters. The second-order valence-electron chi connectivity index (χ2n) is 6.13. The Morgan fingerprint density at radius 1 is 1.45 bits per heavy atom. The lowest BCUT2D eigenvalue weighted by atomic mass is 10.0. The summed E-state index contributed by atoms with van der Waals surface area (Å²) >= 11 is 0. The van der Waals surface area contributed by atoms with Crippen LogP contribution in [0, 0.1) is 5.92 Å². The lowest BCUT2D eigenvalue weighted by Crippen LogP contribution is -2.46. The number of rotatable bonds is 4. The molecule has 0 aromatic carbocycles. The Morgan fingerprint density at radius 2 is 2.25 bits per heavy atom. The molecule has 2 fully saturated rings. The van der Waals surface area contributed by atoms with Crippen molar-refractivity contribution < 1.29 is 4.74 Å². The Bertz CT molecular complexity index is 318. The zero-order valence-electron chi connectivity index (χ0n) is 12.9. The monoisotopic (exact) mass is 396 g/mol. The molecule has 2 heterocycles. The molecule has 118 valence electrons. The number of nitrogens with zero attached hydrogens (tertiary/aromatic N) is 2. The Morgan fingerprint density at radius 3 is 2.80 bits per heavy atom. The summed E-state index contributed by atoms with van der Waals surface area (Å²) in [5.41, 5.74) is -0.0226. The van der Waals surface area contributed by atoms with Gasteiger partial charge in [0.1, 0.15) is 0 Å². The van der Waals surface area contributed by atoms with Crippen LogP contribution in [0.3, 0.4) is 0 Å². The summed E-state index contributed by atoms with van der Waals surface area (Å²) in [4.78, 5) is 6.67. The molecule has 2 aliphatic heterocycles. The van der Waals surface area contributed by atoms with Gasteiger partial charge in [-0.3, -0.25) is 4.99 Å². The number of nitrogens with one attached hydrogen (secondary N) is 2. The van der Waals surface area contributed by atoms with E-state index in [1.165, 1.54) is 25.9 Å². The first-order chi connectivity index (χ1) is 9.11. The summed E-state index contributed by atoms with van der Waals surface area (Å²) < 4.78 is 5.78. The Hall–Kier alpha value is -0.0800. The number of likely N-dealkylation sites (tertiary alicyclic amines) is 1. The minimum absolute atomic E-state index is 0. The summed E-state index contributed by atoms with van der Waals surface area (Å²) in [5.74, 6) is 1.63. The zero-order chi connectivity index (χ0) is 13.7. The second kappa shape index (κ2) is 8.38. The third-order valence-electron chi connectivity index (χ3n) is 4.20. The number of halogens is 1. The second-order valence-corrected chi connectivity index (χ2v) is 6.13. The molecule has 2 aliphatic rings. The maximum Gasteiger partial charge on any atom is 0.191 e. The van der Waals surface area contributed by atoms with Gasteiger partial charge in [0.15, 0.2) is 5.96 Å². The fraction of sp³-hybridized carbons (Fsp3) is 0.929. The zero-order valence-corrected chi connectivity index (χ0v) is 15.3. The fourth-order valence-corrected chi connectivity index (χ4v) is 2.90. The molecule has 0 bridgehead atoms. The third-order valence-corrected chi connectivity index (χ3v) is 4.20. The van der Waals surface area contributed by atoms with Crippen molar-refractivity contribution in [3.05, 3.63) is 0 Å². The van der Waals surface area contributed by atoms with Gasteiger partial charge in [0.25, 0.3) is 0 Å². The van der Waals surface area contributed by atoms with Crippen LogP contribution < -0.4 is 10.6 Å². The van der Waals surface area contributed by atoms with E-state index in [1.54, 1.807) is 0 Å². The van der Waals surface area contributed by atoms with E-state index < -0.39 is 0 Å². The van der Waals surface area contributed by atoms with E-state index in [4.69, 9.17) is 4.74 Å². The van der Waals surface area contributed by atoms with Gasteiger partial charge in [-0.15, -0.1) is 24.0 Å². The van der Waals surface area contributed by atoms with Crippen LogP contribution in [0.4, 0.5) is 0 Å². The largest absolute Gasteiger partial charge is 0.373 e. The molecule has 0 spiro atoms. The van der Waals surface area contributed by atoms with Crippen molar-refractivity contribution in [2.24, 2.45) is 10.9 Å². The molecule has 2 saturated heterocycles. The molecule has 0 aromatic heterocycles. The minimum atomic E-state index is -0.0226. The highest BCUT2D eigenvalue weighted by atomic mass is 127. The molecule has 0 aromatic rings. The first-order valence-corrected chi connectivity index (χ1v) is 7.38. The van der Waals surface area contributed by atoms with Crippen LogP contribution >= 0.6 is 24.0 Å². The topological polar surface area (TPSA) is 48.9 Å². The highest BCUT2D eigenvalue weighted by Crippen LogP contribution is 2.23. The fourth-order valence-electron chi connectivity index (χ4n) is 2.90. The van der Waals surface area contributed by atoms with Crippen molar-refractivity contribution in [1.29, 1.82) is 0 Å². The summed E-state index contributed by atoms with van der Waals surface area (Å²) in [6, 6.07) is 0. The van der Waals surface area contributed by atoms with E-state index in [9.17, 15) is 0 Å². The summed E-state index contributed by atoms with van der Waals surface area (Å²) in [5, 5.41) is 6.82. The van der Waals surface area contributed by atoms with Crippen LogP contribution in [0.5, 0.6) is 0 Å². The molecular weight excluding hydrogens is 367 g/mol. The van der Waals surface area contributed by atoms with Crippen LogP contribution in [0.15, 0.2) is 4.99 Å². The van der Waals surface area contributed by atoms with E-state index >= 15 is 0 Å². The quantitative estimate of drug-likeness (QED) is 0.427. The molecule has 0 saturated carbocycles. The maximum absolute atomic E-state index is 5.78. The van der Waals surface area contributed by atoms with Crippen molar-refractivity contribution in [3.8, 4) is 0 Å². The molecule has 0 aliphatic carbocycles. The highest BCUT2D eigenvalue weighted by molar-refractivity contribution is 14.0. The van der Waals surface area contributed by atoms with Crippen LogP contribution in [0.2, 0.25) is 0 Å². The number of guanidine groups is 1. The minimum Gasteiger partial charge on any atom is -0.373 e. The van der Waals surface area contributed by atoms with Crippen molar-refractivity contribution >= 4 is 29.9 Å². The maximum atomic E-state index is 5.78. The third kappa shape index (κ3) is 5.37. The summed E-state index contributed by atoms with van der Waals surface area (Å²) in [6.07, 6.45) is 3.57. The average Bonchev–Trinajstić information content (AvgIpc) is 2.99. The van der Waals surface area contributed by atoms with E-state index in [1.807, 2.05) is 7.05 Å². The van der Waals surface area contributed by atoms with Gasteiger partial charge in [-0.1, -0.05) is 0 Å². The lowest BCUT2D eigenvalue weighted by Gasteiger charge is -2.25. The van der Waals surface area contributed by atoms with Gasteiger partial charge in [0.05, 0.1) is 5.60 Å². The van der Waals surface area contributed by atoms with Gasteiger partial charge in [0.2, 0.25) is 0 Å². The first kappa shape index (κ1) is 18.0. The Labute approximate surface area is 139 Å². The molecule has 2 rings (SSSR count). The predicted molar refractivity (Wildman–Crippen MR) is 94.0 cm³/mol. The number of ether oxygens (including phenoxy) is 1. The highest BCUT2D eigenvalue weighted by Gasteiger charge is 2.29. The normalized spacial score (nSPS) is 31.1. The average molecular weight is 396 g/mol. The van der Waals surface area contributed by atoms with Crippen molar-refractivity contribution in [1.82, 2.24) is 15.5 Å². The van der Waals surface area contributed by atoms with E-state index in [0.717, 1.165) is 38.0 Å². The number of aliphatic imine (C=N–C) groups is 1. The lowest BCUT2D eigenvalue weighted by molar-refractivity contribution is 0.0243. The molecular formula is C14H29IN4O. The van der Waals surface area contributed by atoms with Gasteiger partial charge in [0, 0.05) is 33.3 Å². The van der Waals surface area contributed by atoms with Crippen LogP contribution in [-0.4, -0.2) is 63.3 Å². The van der Waals surface area contributed by atoms with E-state index in [0.29, 0.717) is 0 Å². The first-order valence-electron chi connectivity index (χ1n) is 7.38. The summed E-state index contributed by atoms with van der Waals surface area (Å²) in [6.45, 7) is 7.29.